The van der Waals surface area contributed by atoms with Crippen LogP contribution in [0.1, 0.15) is 17.7 Å². The normalized spacial score (nSPS) is 15.3. The molecule has 1 N–H and O–H groups in total. The molecule has 2 aromatic carbocycles. The van der Waals surface area contributed by atoms with Gasteiger partial charge in [-0.05, 0) is 37.3 Å². The Bertz CT molecular complexity index is 1090. The van der Waals surface area contributed by atoms with E-state index in [9.17, 15) is 4.79 Å². The number of anilines is 1. The molecular weight excluding hydrogens is 384 g/mol. The summed E-state index contributed by atoms with van der Waals surface area (Å²) in [5.74, 6) is 1.58. The Morgan fingerprint density at radius 3 is 2.67 bits per heavy atom. The highest BCUT2D eigenvalue weighted by Gasteiger charge is 2.31. The van der Waals surface area contributed by atoms with Crippen molar-refractivity contribution in [2.24, 2.45) is 5.16 Å². The quantitative estimate of drug-likeness (QED) is 0.679. The summed E-state index contributed by atoms with van der Waals surface area (Å²) in [5, 5.41) is 11.5. The first kappa shape index (κ1) is 19.5. The first-order chi connectivity index (χ1) is 14.6. The number of para-hydroxylation sites is 1. The van der Waals surface area contributed by atoms with Crippen LogP contribution in [0.2, 0.25) is 0 Å². The zero-order chi connectivity index (χ0) is 21.1. The minimum absolute atomic E-state index is 0.298. The Kier molecular flexibility index (Phi) is 5.38. The Morgan fingerprint density at radius 2 is 1.93 bits per heavy atom. The lowest BCUT2D eigenvalue weighted by Crippen LogP contribution is -2.29. The predicted molar refractivity (Wildman–Crippen MR) is 113 cm³/mol. The minimum Gasteiger partial charge on any atom is -0.497 e. The van der Waals surface area contributed by atoms with Crippen molar-refractivity contribution < 1.29 is 19.1 Å². The molecule has 0 fully saturated rings. The van der Waals surface area contributed by atoms with Gasteiger partial charge in [0, 0.05) is 18.1 Å². The summed E-state index contributed by atoms with van der Waals surface area (Å²) in [6.07, 6.45) is -0.441. The van der Waals surface area contributed by atoms with Crippen molar-refractivity contribution in [3.63, 3.8) is 0 Å². The largest absolute Gasteiger partial charge is 0.497 e. The van der Waals surface area contributed by atoms with Crippen molar-refractivity contribution in [3.05, 3.63) is 65.9 Å². The van der Waals surface area contributed by atoms with Gasteiger partial charge in [-0.1, -0.05) is 23.4 Å². The summed E-state index contributed by atoms with van der Waals surface area (Å²) in [6.45, 7) is 1.87. The molecular formula is C22H22N4O4. The van der Waals surface area contributed by atoms with Crippen molar-refractivity contribution in [2.45, 2.75) is 19.4 Å². The molecule has 3 aromatic rings. The first-order valence-corrected chi connectivity index (χ1v) is 9.47. The van der Waals surface area contributed by atoms with E-state index < -0.39 is 6.10 Å². The predicted octanol–water partition coefficient (Wildman–Crippen LogP) is 3.33. The molecule has 1 aliphatic heterocycles. The number of hydrogen-bond acceptors (Lipinski definition) is 6. The minimum atomic E-state index is -0.754. The fourth-order valence-corrected chi connectivity index (χ4v) is 3.28. The Labute approximate surface area is 174 Å². The van der Waals surface area contributed by atoms with Crippen molar-refractivity contribution in [3.8, 4) is 17.2 Å². The summed E-state index contributed by atoms with van der Waals surface area (Å²) in [5.41, 5.74) is 3.00. The van der Waals surface area contributed by atoms with Crippen molar-refractivity contribution >= 4 is 17.4 Å². The number of nitrogens with zero attached hydrogens (tertiary/aromatic N) is 3. The van der Waals surface area contributed by atoms with Crippen LogP contribution in [-0.2, 0) is 9.63 Å². The molecule has 0 bridgehead atoms. The van der Waals surface area contributed by atoms with Gasteiger partial charge in [-0.3, -0.25) is 4.79 Å². The van der Waals surface area contributed by atoms with Gasteiger partial charge in [-0.15, -0.1) is 0 Å². The molecule has 0 aliphatic carbocycles. The maximum absolute atomic E-state index is 12.9. The number of amides is 1. The van der Waals surface area contributed by atoms with Gasteiger partial charge in [0.2, 0.25) is 6.10 Å². The number of carbonyl (C=O) groups is 1. The summed E-state index contributed by atoms with van der Waals surface area (Å²) < 4.78 is 12.4. The molecule has 4 rings (SSSR count). The van der Waals surface area contributed by atoms with Crippen LogP contribution >= 0.6 is 0 Å². The van der Waals surface area contributed by atoms with E-state index in [0.717, 1.165) is 16.9 Å². The van der Waals surface area contributed by atoms with E-state index in [1.165, 1.54) is 0 Å². The van der Waals surface area contributed by atoms with Crippen LogP contribution in [0.5, 0.6) is 11.5 Å². The number of methoxy groups -OCH3 is 2. The molecule has 0 saturated carbocycles. The first-order valence-electron chi connectivity index (χ1n) is 9.47. The Morgan fingerprint density at radius 1 is 1.13 bits per heavy atom. The lowest BCUT2D eigenvalue weighted by Gasteiger charge is -2.12. The molecule has 8 nitrogen and oxygen atoms in total. The van der Waals surface area contributed by atoms with E-state index in [1.807, 2.05) is 49.4 Å². The van der Waals surface area contributed by atoms with Crippen molar-refractivity contribution in [1.29, 1.82) is 0 Å². The average molecular weight is 406 g/mol. The van der Waals surface area contributed by atoms with Crippen LogP contribution in [0.3, 0.4) is 0 Å². The number of carbonyl (C=O) groups excluding carboxylic acids is 1. The van der Waals surface area contributed by atoms with Gasteiger partial charge in [0.1, 0.15) is 17.3 Å². The van der Waals surface area contributed by atoms with E-state index in [2.05, 4.69) is 15.6 Å². The van der Waals surface area contributed by atoms with Crippen LogP contribution in [0.25, 0.3) is 5.69 Å². The standard InChI is InChI=1S/C22H22N4O4/c1-14-11-21(26(24-14)15-7-5-4-6-8-15)23-22(27)20-13-18(25-30-20)17-12-16(28-2)9-10-19(17)29-3/h4-12,20H,13H2,1-3H3,(H,23,27). The molecule has 8 heteroatoms. The molecule has 30 heavy (non-hydrogen) atoms. The third-order valence-corrected chi connectivity index (χ3v) is 4.76. The van der Waals surface area contributed by atoms with Crippen LogP contribution in [0.4, 0.5) is 5.82 Å². The van der Waals surface area contributed by atoms with Crippen molar-refractivity contribution in [2.75, 3.05) is 19.5 Å². The highest BCUT2D eigenvalue weighted by molar-refractivity contribution is 6.07. The number of oxime groups is 1. The van der Waals surface area contributed by atoms with Crippen LogP contribution in [0, 0.1) is 6.92 Å². The second-order valence-corrected chi connectivity index (χ2v) is 6.81. The molecule has 1 aliphatic rings. The van der Waals surface area contributed by atoms with Gasteiger partial charge in [0.15, 0.2) is 0 Å². The Balaban J connectivity index is 1.50. The number of benzene rings is 2. The molecule has 1 aromatic heterocycles. The third kappa shape index (κ3) is 3.84. The molecule has 1 amide bonds. The topological polar surface area (TPSA) is 87.0 Å². The zero-order valence-electron chi connectivity index (χ0n) is 17.0. The smallest absolute Gasteiger partial charge is 0.269 e. The number of rotatable bonds is 6. The zero-order valence-corrected chi connectivity index (χ0v) is 17.0. The third-order valence-electron chi connectivity index (χ3n) is 4.76. The summed E-state index contributed by atoms with van der Waals surface area (Å²) in [7, 11) is 3.17. The van der Waals surface area contributed by atoms with Gasteiger partial charge in [0.25, 0.3) is 5.91 Å². The maximum Gasteiger partial charge on any atom is 0.269 e. The lowest BCUT2D eigenvalue weighted by molar-refractivity contribution is -0.125. The summed E-state index contributed by atoms with van der Waals surface area (Å²) in [4.78, 5) is 18.3. The van der Waals surface area contributed by atoms with E-state index in [4.69, 9.17) is 14.3 Å². The number of aryl methyl sites for hydroxylation is 1. The van der Waals surface area contributed by atoms with E-state index in [0.29, 0.717) is 29.4 Å². The molecule has 154 valence electrons. The Hall–Kier alpha value is -3.81. The monoisotopic (exact) mass is 406 g/mol. The van der Waals surface area contributed by atoms with Crippen LogP contribution in [0.15, 0.2) is 59.8 Å². The van der Waals surface area contributed by atoms with E-state index in [-0.39, 0.29) is 5.91 Å². The van der Waals surface area contributed by atoms with Crippen LogP contribution in [-0.4, -0.2) is 41.7 Å². The number of nitrogens with one attached hydrogen (secondary N) is 1. The van der Waals surface area contributed by atoms with Crippen LogP contribution < -0.4 is 14.8 Å². The summed E-state index contributed by atoms with van der Waals surface area (Å²) >= 11 is 0. The highest BCUT2D eigenvalue weighted by Crippen LogP contribution is 2.29. The van der Waals surface area contributed by atoms with Gasteiger partial charge < -0.3 is 19.6 Å². The lowest BCUT2D eigenvalue weighted by atomic mass is 10.0. The van der Waals surface area contributed by atoms with Gasteiger partial charge in [-0.25, -0.2) is 4.68 Å². The van der Waals surface area contributed by atoms with Gasteiger partial charge in [0.05, 0.1) is 31.3 Å². The molecule has 1 atom stereocenters. The van der Waals surface area contributed by atoms with Gasteiger partial charge in [-0.2, -0.15) is 5.10 Å². The molecule has 0 saturated heterocycles. The molecule has 2 heterocycles. The van der Waals surface area contributed by atoms with Gasteiger partial charge >= 0.3 is 0 Å². The SMILES string of the molecule is COc1ccc(OC)c(C2=NOC(C(=O)Nc3cc(C)nn3-c3ccccc3)C2)c1. The van der Waals surface area contributed by atoms with E-state index in [1.54, 1.807) is 31.0 Å². The van der Waals surface area contributed by atoms with Crippen molar-refractivity contribution in [1.82, 2.24) is 9.78 Å². The highest BCUT2D eigenvalue weighted by atomic mass is 16.6. The summed E-state index contributed by atoms with van der Waals surface area (Å²) in [6, 6.07) is 16.8. The second kappa shape index (κ2) is 8.28. The van der Waals surface area contributed by atoms with E-state index >= 15 is 0 Å². The second-order valence-electron chi connectivity index (χ2n) is 6.81. The molecule has 0 spiro atoms. The fraction of sp³-hybridized carbons (Fsp3) is 0.227. The maximum atomic E-state index is 12.9. The molecule has 0 radical (unpaired) electrons. The average Bonchev–Trinajstić information content (AvgIpc) is 3.41. The number of hydrogen-bond donors (Lipinski definition) is 1. The molecule has 1 unspecified atom stereocenters. The fourth-order valence-electron chi connectivity index (χ4n) is 3.28. The number of aromatic nitrogens is 2. The number of ether oxygens (including phenoxy) is 2.